The van der Waals surface area contributed by atoms with Crippen molar-refractivity contribution in [1.82, 2.24) is 15.2 Å². The van der Waals surface area contributed by atoms with Gasteiger partial charge >= 0.3 is 0 Å². The van der Waals surface area contributed by atoms with E-state index in [0.29, 0.717) is 6.54 Å². The first-order valence-corrected chi connectivity index (χ1v) is 4.59. The summed E-state index contributed by atoms with van der Waals surface area (Å²) in [5.74, 6) is 4.76. The summed E-state index contributed by atoms with van der Waals surface area (Å²) in [6, 6.07) is 0. The predicted octanol–water partition coefficient (Wildman–Crippen LogP) is -1.86. The zero-order valence-corrected chi connectivity index (χ0v) is 8.32. The lowest BCUT2D eigenvalue weighted by Crippen LogP contribution is -2.43. The number of likely N-dealkylation sites (N-methyl/N-ethyl adjacent to an activating group) is 1. The van der Waals surface area contributed by atoms with E-state index >= 15 is 0 Å². The Kier molecular flexibility index (Phi) is 3.84. The van der Waals surface area contributed by atoms with Crippen LogP contribution in [0.1, 0.15) is 6.42 Å². The molecule has 1 saturated heterocycles. The number of carbonyl (C=O) groups is 2. The molecule has 2 amide bonds. The number of hydrazine groups is 1. The van der Waals surface area contributed by atoms with Crippen LogP contribution < -0.4 is 11.3 Å². The van der Waals surface area contributed by atoms with Crippen molar-refractivity contribution in [2.24, 2.45) is 5.84 Å². The summed E-state index contributed by atoms with van der Waals surface area (Å²) >= 11 is 0. The van der Waals surface area contributed by atoms with E-state index < -0.39 is 0 Å². The molecule has 6 heteroatoms. The summed E-state index contributed by atoms with van der Waals surface area (Å²) in [5, 5.41) is 0. The Morgan fingerprint density at radius 2 is 2.29 bits per heavy atom. The summed E-state index contributed by atoms with van der Waals surface area (Å²) < 4.78 is 0. The van der Waals surface area contributed by atoms with Gasteiger partial charge < -0.3 is 4.90 Å². The molecule has 0 radical (unpaired) electrons. The molecule has 0 aromatic rings. The number of nitrogens with zero attached hydrogens (tertiary/aromatic N) is 2. The largest absolute Gasteiger partial charge is 0.345 e. The Balaban J connectivity index is 2.46. The molecule has 1 rings (SSSR count). The van der Waals surface area contributed by atoms with Crippen LogP contribution in [0.25, 0.3) is 0 Å². The Morgan fingerprint density at radius 3 is 2.93 bits per heavy atom. The van der Waals surface area contributed by atoms with Gasteiger partial charge in [0.15, 0.2) is 0 Å². The van der Waals surface area contributed by atoms with Gasteiger partial charge in [0.2, 0.25) is 11.8 Å². The Bertz CT molecular complexity index is 231. The van der Waals surface area contributed by atoms with Crippen molar-refractivity contribution in [3.8, 4) is 0 Å². The first kappa shape index (κ1) is 10.9. The first-order valence-electron chi connectivity index (χ1n) is 4.59. The van der Waals surface area contributed by atoms with Crippen molar-refractivity contribution < 1.29 is 9.59 Å². The van der Waals surface area contributed by atoms with E-state index in [1.807, 2.05) is 0 Å². The highest BCUT2D eigenvalue weighted by Crippen LogP contribution is 2.01. The fourth-order valence-corrected chi connectivity index (χ4v) is 1.43. The highest BCUT2D eigenvalue weighted by atomic mass is 16.2. The number of amides is 2. The van der Waals surface area contributed by atoms with E-state index in [-0.39, 0.29) is 18.4 Å². The molecule has 0 spiro atoms. The van der Waals surface area contributed by atoms with Crippen LogP contribution in [0.4, 0.5) is 0 Å². The molecule has 1 fully saturated rings. The maximum atomic E-state index is 11.4. The van der Waals surface area contributed by atoms with Crippen LogP contribution in [0.5, 0.6) is 0 Å². The SMILES string of the molecule is CN1CCCN(CC(=O)NN)CC1=O. The summed E-state index contributed by atoms with van der Waals surface area (Å²) in [7, 11) is 1.77. The fraction of sp³-hybridized carbons (Fsp3) is 0.750. The Labute approximate surface area is 83.0 Å². The standard InChI is InChI=1S/C8H16N4O2/c1-11-3-2-4-12(6-8(11)14)5-7(13)10-9/h2-6,9H2,1H3,(H,10,13). The molecular weight excluding hydrogens is 184 g/mol. The topological polar surface area (TPSA) is 78.7 Å². The van der Waals surface area contributed by atoms with E-state index in [1.165, 1.54) is 0 Å². The normalized spacial score (nSPS) is 19.3. The minimum atomic E-state index is -0.262. The minimum Gasteiger partial charge on any atom is -0.345 e. The van der Waals surface area contributed by atoms with Crippen LogP contribution in [0, 0.1) is 0 Å². The molecule has 14 heavy (non-hydrogen) atoms. The zero-order chi connectivity index (χ0) is 10.6. The van der Waals surface area contributed by atoms with Crippen LogP contribution in [0.3, 0.4) is 0 Å². The molecule has 6 nitrogen and oxygen atoms in total. The van der Waals surface area contributed by atoms with Crippen LogP contribution in [0.2, 0.25) is 0 Å². The smallest absolute Gasteiger partial charge is 0.248 e. The van der Waals surface area contributed by atoms with Gasteiger partial charge in [-0.15, -0.1) is 0 Å². The highest BCUT2D eigenvalue weighted by Gasteiger charge is 2.19. The Hall–Kier alpha value is -1.14. The number of nitrogens with two attached hydrogens (primary N) is 1. The quantitative estimate of drug-likeness (QED) is 0.311. The molecule has 1 aliphatic heterocycles. The number of hydrogen-bond acceptors (Lipinski definition) is 4. The summed E-state index contributed by atoms with van der Waals surface area (Å²) in [5.41, 5.74) is 2.05. The molecule has 1 aliphatic rings. The van der Waals surface area contributed by atoms with Crippen LogP contribution in [-0.2, 0) is 9.59 Å². The van der Waals surface area contributed by atoms with Gasteiger partial charge in [0.05, 0.1) is 13.1 Å². The van der Waals surface area contributed by atoms with Crippen molar-refractivity contribution in [3.63, 3.8) is 0 Å². The molecule has 3 N–H and O–H groups in total. The van der Waals surface area contributed by atoms with E-state index in [4.69, 9.17) is 5.84 Å². The van der Waals surface area contributed by atoms with Crippen molar-refractivity contribution in [1.29, 1.82) is 0 Å². The summed E-state index contributed by atoms with van der Waals surface area (Å²) in [6.45, 7) is 1.99. The van der Waals surface area contributed by atoms with Gasteiger partial charge in [0.25, 0.3) is 0 Å². The van der Waals surface area contributed by atoms with Gasteiger partial charge in [0.1, 0.15) is 0 Å². The number of rotatable bonds is 2. The average Bonchev–Trinajstić information content (AvgIpc) is 2.30. The predicted molar refractivity (Wildman–Crippen MR) is 51.0 cm³/mol. The van der Waals surface area contributed by atoms with Gasteiger partial charge in [-0.25, -0.2) is 5.84 Å². The van der Waals surface area contributed by atoms with Crippen molar-refractivity contribution in [3.05, 3.63) is 0 Å². The monoisotopic (exact) mass is 200 g/mol. The lowest BCUT2D eigenvalue weighted by atomic mass is 10.4. The van der Waals surface area contributed by atoms with Crippen molar-refractivity contribution in [2.75, 3.05) is 33.2 Å². The second-order valence-corrected chi connectivity index (χ2v) is 3.45. The average molecular weight is 200 g/mol. The number of nitrogens with one attached hydrogen (secondary N) is 1. The lowest BCUT2D eigenvalue weighted by molar-refractivity contribution is -0.130. The number of hydrogen-bond donors (Lipinski definition) is 2. The summed E-state index contributed by atoms with van der Waals surface area (Å²) in [6.07, 6.45) is 0.889. The Morgan fingerprint density at radius 1 is 1.57 bits per heavy atom. The molecule has 0 atom stereocenters. The maximum absolute atomic E-state index is 11.4. The minimum absolute atomic E-state index is 0.0484. The van der Waals surface area contributed by atoms with E-state index in [0.717, 1.165) is 19.5 Å². The van der Waals surface area contributed by atoms with Crippen LogP contribution >= 0.6 is 0 Å². The fourth-order valence-electron chi connectivity index (χ4n) is 1.43. The van der Waals surface area contributed by atoms with Crippen LogP contribution in [-0.4, -0.2) is 54.8 Å². The molecule has 0 aliphatic carbocycles. The van der Waals surface area contributed by atoms with Gasteiger partial charge in [-0.3, -0.25) is 19.9 Å². The van der Waals surface area contributed by atoms with E-state index in [9.17, 15) is 9.59 Å². The van der Waals surface area contributed by atoms with Gasteiger partial charge in [0, 0.05) is 20.1 Å². The number of carbonyl (C=O) groups excluding carboxylic acids is 2. The molecule has 80 valence electrons. The molecular formula is C8H16N4O2. The van der Waals surface area contributed by atoms with E-state index in [1.54, 1.807) is 16.8 Å². The lowest BCUT2D eigenvalue weighted by Gasteiger charge is -2.17. The van der Waals surface area contributed by atoms with Gasteiger partial charge in [-0.1, -0.05) is 0 Å². The third-order valence-electron chi connectivity index (χ3n) is 2.28. The highest BCUT2D eigenvalue weighted by molar-refractivity contribution is 5.81. The first-order chi connectivity index (χ1) is 6.63. The van der Waals surface area contributed by atoms with Crippen LogP contribution in [0.15, 0.2) is 0 Å². The second kappa shape index (κ2) is 4.92. The third-order valence-corrected chi connectivity index (χ3v) is 2.28. The third kappa shape index (κ3) is 2.97. The second-order valence-electron chi connectivity index (χ2n) is 3.45. The van der Waals surface area contributed by atoms with Crippen molar-refractivity contribution >= 4 is 11.8 Å². The molecule has 0 aromatic carbocycles. The molecule has 1 heterocycles. The summed E-state index contributed by atoms with van der Waals surface area (Å²) in [4.78, 5) is 25.9. The van der Waals surface area contributed by atoms with Gasteiger partial charge in [-0.2, -0.15) is 0 Å². The molecule has 0 saturated carbocycles. The van der Waals surface area contributed by atoms with Crippen molar-refractivity contribution in [2.45, 2.75) is 6.42 Å². The van der Waals surface area contributed by atoms with Gasteiger partial charge in [-0.05, 0) is 6.42 Å². The zero-order valence-electron chi connectivity index (χ0n) is 8.32. The van der Waals surface area contributed by atoms with E-state index in [2.05, 4.69) is 5.43 Å². The molecule has 0 unspecified atom stereocenters. The molecule has 0 bridgehead atoms. The molecule has 0 aromatic heterocycles. The maximum Gasteiger partial charge on any atom is 0.248 e.